The molecule has 2 aromatic carbocycles. The molecule has 1 fully saturated rings. The van der Waals surface area contributed by atoms with E-state index in [-0.39, 0.29) is 17.7 Å². The maximum absolute atomic E-state index is 12.4. The molecule has 1 heterocycles. The first-order valence-electron chi connectivity index (χ1n) is 10.8. The molecule has 1 saturated heterocycles. The van der Waals surface area contributed by atoms with E-state index in [0.29, 0.717) is 18.6 Å². The Kier molecular flexibility index (Phi) is 13.4. The maximum Gasteiger partial charge on any atom is 0.338 e. The Morgan fingerprint density at radius 3 is 2.09 bits per heavy atom. The zero-order valence-corrected chi connectivity index (χ0v) is 19.0. The van der Waals surface area contributed by atoms with Gasteiger partial charge in [0, 0.05) is 11.6 Å². The number of hydrogen-bond acceptors (Lipinski definition) is 8. The zero-order chi connectivity index (χ0) is 24.5. The van der Waals surface area contributed by atoms with Crippen LogP contribution in [0.4, 0.5) is 5.69 Å². The van der Waals surface area contributed by atoms with Gasteiger partial charge >= 0.3 is 5.97 Å². The lowest BCUT2D eigenvalue weighted by Crippen LogP contribution is -2.21. The molecule has 0 radical (unpaired) electrons. The minimum Gasteiger partial charge on any atom is -0.468 e. The molecule has 9 nitrogen and oxygen atoms in total. The van der Waals surface area contributed by atoms with E-state index in [4.69, 9.17) is 4.74 Å². The second-order valence-corrected chi connectivity index (χ2v) is 6.77. The summed E-state index contributed by atoms with van der Waals surface area (Å²) in [6.45, 7) is 6.97. The number of nitro groups is 1. The van der Waals surface area contributed by atoms with Gasteiger partial charge < -0.3 is 14.8 Å². The number of nitro benzene ring substituents is 1. The van der Waals surface area contributed by atoms with Crippen molar-refractivity contribution in [1.82, 2.24) is 5.32 Å². The second kappa shape index (κ2) is 16.1. The largest absolute Gasteiger partial charge is 0.468 e. The van der Waals surface area contributed by atoms with Gasteiger partial charge in [0.2, 0.25) is 0 Å². The summed E-state index contributed by atoms with van der Waals surface area (Å²) in [6, 6.07) is 11.9. The summed E-state index contributed by atoms with van der Waals surface area (Å²) >= 11 is 0. The highest BCUT2D eigenvalue weighted by Crippen LogP contribution is 2.24. The molecule has 2 aromatic rings. The molecule has 1 aliphatic rings. The third kappa shape index (κ3) is 10.0. The monoisotopic (exact) mass is 458 g/mol. The first-order valence-corrected chi connectivity index (χ1v) is 10.8. The molecule has 0 bridgehead atoms. The number of benzene rings is 2. The van der Waals surface area contributed by atoms with Crippen LogP contribution in [0, 0.1) is 10.1 Å². The first-order chi connectivity index (χ1) is 16.0. The summed E-state index contributed by atoms with van der Waals surface area (Å²) in [4.78, 5) is 43.7. The van der Waals surface area contributed by atoms with Crippen LogP contribution in [-0.4, -0.2) is 49.5 Å². The number of carbonyl (C=O) groups excluding carboxylic acids is 3. The van der Waals surface area contributed by atoms with Gasteiger partial charge in [-0.2, -0.15) is 0 Å². The van der Waals surface area contributed by atoms with Crippen LogP contribution in [0.25, 0.3) is 0 Å². The second-order valence-electron chi connectivity index (χ2n) is 6.77. The highest BCUT2D eigenvalue weighted by molar-refractivity contribution is 6.12. The van der Waals surface area contributed by atoms with E-state index in [9.17, 15) is 24.5 Å². The molecule has 1 N–H and O–H groups in total. The summed E-state index contributed by atoms with van der Waals surface area (Å²) in [5.74, 6) is -1.13. The average molecular weight is 459 g/mol. The summed E-state index contributed by atoms with van der Waals surface area (Å²) in [5.41, 5.74) is -0.101. The van der Waals surface area contributed by atoms with Crippen LogP contribution < -0.4 is 5.32 Å². The molecule has 0 aliphatic carbocycles. The van der Waals surface area contributed by atoms with E-state index < -0.39 is 22.4 Å². The summed E-state index contributed by atoms with van der Waals surface area (Å²) in [6.07, 6.45) is 4.22. The lowest BCUT2D eigenvalue weighted by atomic mass is 10.00. The fourth-order valence-electron chi connectivity index (χ4n) is 2.83. The Labute approximate surface area is 193 Å². The number of hydrogen-bond donors (Lipinski definition) is 1. The normalized spacial score (nSPS) is 12.1. The summed E-state index contributed by atoms with van der Waals surface area (Å²) in [7, 11) is 0. The molecule has 3 rings (SSSR count). The molecule has 0 saturated carbocycles. The molecule has 0 atom stereocenters. The van der Waals surface area contributed by atoms with Crippen molar-refractivity contribution in [3.05, 3.63) is 75.3 Å². The lowest BCUT2D eigenvalue weighted by Gasteiger charge is -2.08. The fourth-order valence-corrected chi connectivity index (χ4v) is 2.83. The number of rotatable bonds is 7. The molecule has 9 heteroatoms. The van der Waals surface area contributed by atoms with Crippen molar-refractivity contribution in [1.29, 1.82) is 0 Å². The van der Waals surface area contributed by atoms with E-state index >= 15 is 0 Å². The summed E-state index contributed by atoms with van der Waals surface area (Å²) in [5, 5.41) is 14.5. The van der Waals surface area contributed by atoms with E-state index in [1.54, 1.807) is 44.2 Å². The van der Waals surface area contributed by atoms with E-state index in [0.717, 1.165) is 6.07 Å². The van der Waals surface area contributed by atoms with Crippen molar-refractivity contribution in [2.75, 3.05) is 26.3 Å². The highest BCUT2D eigenvalue weighted by atomic mass is 16.6. The van der Waals surface area contributed by atoms with Crippen molar-refractivity contribution in [2.24, 2.45) is 0 Å². The SMILES string of the molecule is C1CCNCC1.CCOC(=O)c1ccc(C(=O)c2ccccc2)c([N+](=O)[O-])c1.CCOC=O. The van der Waals surface area contributed by atoms with Crippen LogP contribution >= 0.6 is 0 Å². The van der Waals surface area contributed by atoms with Crippen molar-refractivity contribution < 1.29 is 28.8 Å². The van der Waals surface area contributed by atoms with Gasteiger partial charge in [-0.15, -0.1) is 0 Å². The van der Waals surface area contributed by atoms with Crippen molar-refractivity contribution in [2.45, 2.75) is 33.1 Å². The summed E-state index contributed by atoms with van der Waals surface area (Å²) < 4.78 is 8.95. The maximum atomic E-state index is 12.4. The number of piperidine rings is 1. The number of ketones is 1. The van der Waals surface area contributed by atoms with Crippen LogP contribution in [-0.2, 0) is 14.3 Å². The van der Waals surface area contributed by atoms with Crippen LogP contribution in [0.1, 0.15) is 59.4 Å². The minimum absolute atomic E-state index is 0.0400. The predicted octanol–water partition coefficient (Wildman–Crippen LogP) is 3.94. The van der Waals surface area contributed by atoms with Crippen LogP contribution in [0.2, 0.25) is 0 Å². The fraction of sp³-hybridized carbons (Fsp3) is 0.375. The van der Waals surface area contributed by atoms with Gasteiger partial charge in [-0.05, 0) is 51.9 Å². The quantitative estimate of drug-likeness (QED) is 0.217. The van der Waals surface area contributed by atoms with Gasteiger partial charge in [0.15, 0.2) is 5.78 Å². The predicted molar refractivity (Wildman–Crippen MR) is 123 cm³/mol. The molecule has 0 amide bonds. The Balaban J connectivity index is 0.000000405. The van der Waals surface area contributed by atoms with Gasteiger partial charge in [-0.25, -0.2) is 4.79 Å². The molecule has 178 valence electrons. The molecule has 33 heavy (non-hydrogen) atoms. The Morgan fingerprint density at radius 2 is 1.67 bits per heavy atom. The number of nitrogens with zero attached hydrogens (tertiary/aromatic N) is 1. The van der Waals surface area contributed by atoms with Crippen LogP contribution in [0.3, 0.4) is 0 Å². The molecule has 0 unspecified atom stereocenters. The Morgan fingerprint density at radius 1 is 1.00 bits per heavy atom. The lowest BCUT2D eigenvalue weighted by molar-refractivity contribution is -0.385. The molecule has 0 aromatic heterocycles. The minimum atomic E-state index is -0.682. The van der Waals surface area contributed by atoms with Crippen molar-refractivity contribution in [3.8, 4) is 0 Å². The van der Waals surface area contributed by atoms with E-state index in [1.165, 1.54) is 44.5 Å². The van der Waals surface area contributed by atoms with E-state index in [1.807, 2.05) is 0 Å². The van der Waals surface area contributed by atoms with E-state index in [2.05, 4.69) is 10.1 Å². The third-order valence-electron chi connectivity index (χ3n) is 4.43. The van der Waals surface area contributed by atoms with Crippen molar-refractivity contribution in [3.63, 3.8) is 0 Å². The zero-order valence-electron chi connectivity index (χ0n) is 19.0. The molecule has 0 spiro atoms. The topological polar surface area (TPSA) is 125 Å². The average Bonchev–Trinajstić information content (AvgIpc) is 2.86. The van der Waals surface area contributed by atoms with Crippen molar-refractivity contribution >= 4 is 23.9 Å². The molecule has 1 aliphatic heterocycles. The third-order valence-corrected chi connectivity index (χ3v) is 4.43. The Bertz CT molecular complexity index is 885. The van der Waals surface area contributed by atoms with Gasteiger partial charge in [0.05, 0.1) is 23.7 Å². The highest BCUT2D eigenvalue weighted by Gasteiger charge is 2.23. The van der Waals surface area contributed by atoms with Gasteiger partial charge in [-0.1, -0.05) is 36.8 Å². The van der Waals surface area contributed by atoms with Gasteiger partial charge in [0.1, 0.15) is 5.56 Å². The number of esters is 1. The van der Waals surface area contributed by atoms with Crippen LogP contribution in [0.5, 0.6) is 0 Å². The number of carbonyl (C=O) groups is 3. The Hall–Kier alpha value is -3.59. The smallest absolute Gasteiger partial charge is 0.338 e. The molecular weight excluding hydrogens is 428 g/mol. The first kappa shape index (κ1) is 27.4. The van der Waals surface area contributed by atoms with Gasteiger partial charge in [-0.3, -0.25) is 19.7 Å². The number of nitrogens with one attached hydrogen (secondary N) is 1. The standard InChI is InChI=1S/C16H13NO5.C5H11N.C3H6O2/c1-2-22-16(19)12-8-9-13(14(10-12)17(20)21)15(18)11-6-4-3-5-7-11;1-2-4-6-5-3-1;1-2-5-3-4/h3-10H,2H2,1H3;6H,1-5H2;3H,2H2,1H3. The van der Waals surface area contributed by atoms with Crippen LogP contribution in [0.15, 0.2) is 48.5 Å². The number of ether oxygens (including phenoxy) is 2. The van der Waals surface area contributed by atoms with Gasteiger partial charge in [0.25, 0.3) is 12.2 Å². The molecular formula is C24H30N2O7.